The Labute approximate surface area is 161 Å². The van der Waals surface area contributed by atoms with E-state index in [2.05, 4.69) is 15.0 Å². The third-order valence-electron chi connectivity index (χ3n) is 4.99. The summed E-state index contributed by atoms with van der Waals surface area (Å²) in [6.45, 7) is 1.47. The topological polar surface area (TPSA) is 148 Å². The molecule has 11 nitrogen and oxygen atoms in total. The Morgan fingerprint density at radius 1 is 1.39 bits per heavy atom. The molecule has 0 bridgehead atoms. The number of rotatable bonds is 7. The van der Waals surface area contributed by atoms with Crippen LogP contribution in [0.5, 0.6) is 0 Å². The molecule has 152 valence electrons. The van der Waals surface area contributed by atoms with E-state index in [0.29, 0.717) is 5.56 Å². The maximum absolute atomic E-state index is 12.1. The van der Waals surface area contributed by atoms with Gasteiger partial charge in [0.05, 0.1) is 12.1 Å². The Bertz CT molecular complexity index is 873. The lowest BCUT2D eigenvalue weighted by molar-refractivity contribution is -0.0248. The van der Waals surface area contributed by atoms with Crippen LogP contribution in [0.1, 0.15) is 50.3 Å². The molecule has 2 aliphatic rings. The molecule has 12 heteroatoms. The SMILES string of the molecule is Cc1cn([C@H]2C[C@H](N=[N+]=[N-])[C@@H](CO[P+](=O)OC3CCCCC3)O2)c(=O)[nH]c1=O. The van der Waals surface area contributed by atoms with Crippen LogP contribution in [0.15, 0.2) is 20.9 Å². The first-order chi connectivity index (χ1) is 13.5. The first-order valence-electron chi connectivity index (χ1n) is 9.26. The van der Waals surface area contributed by atoms with Crippen LogP contribution in [-0.2, 0) is 18.3 Å². The molecule has 1 aromatic heterocycles. The molecule has 0 aromatic carbocycles. The van der Waals surface area contributed by atoms with Crippen molar-refractivity contribution in [1.29, 1.82) is 0 Å². The molecule has 1 aromatic rings. The van der Waals surface area contributed by atoms with Gasteiger partial charge in [-0.15, -0.1) is 9.05 Å². The Balaban J connectivity index is 1.63. The molecule has 1 saturated heterocycles. The lowest BCUT2D eigenvalue weighted by atomic mass is 9.98. The van der Waals surface area contributed by atoms with Gasteiger partial charge in [0, 0.05) is 27.7 Å². The number of aryl methyl sites for hydroxylation is 1. The smallest absolute Gasteiger partial charge is 0.352 e. The van der Waals surface area contributed by atoms with E-state index in [1.165, 1.54) is 10.8 Å². The van der Waals surface area contributed by atoms with Crippen LogP contribution in [0.3, 0.4) is 0 Å². The van der Waals surface area contributed by atoms with Gasteiger partial charge in [0.25, 0.3) is 5.56 Å². The van der Waals surface area contributed by atoms with Gasteiger partial charge in [0.1, 0.15) is 18.9 Å². The lowest BCUT2D eigenvalue weighted by Gasteiger charge is -2.16. The van der Waals surface area contributed by atoms with Gasteiger partial charge in [-0.3, -0.25) is 14.3 Å². The van der Waals surface area contributed by atoms with E-state index in [1.807, 2.05) is 0 Å². The van der Waals surface area contributed by atoms with Crippen LogP contribution in [-0.4, -0.2) is 34.4 Å². The number of aromatic amines is 1. The quantitative estimate of drug-likeness (QED) is 0.315. The van der Waals surface area contributed by atoms with Gasteiger partial charge in [-0.2, -0.15) is 0 Å². The molecule has 3 rings (SSSR count). The van der Waals surface area contributed by atoms with Crippen molar-refractivity contribution >= 4 is 8.25 Å². The average Bonchev–Trinajstić information content (AvgIpc) is 3.07. The fraction of sp³-hybridized carbons (Fsp3) is 0.750. The van der Waals surface area contributed by atoms with E-state index in [0.717, 1.165) is 32.1 Å². The van der Waals surface area contributed by atoms with E-state index in [1.54, 1.807) is 6.92 Å². The summed E-state index contributed by atoms with van der Waals surface area (Å²) in [6, 6.07) is -0.604. The normalized spacial score (nSPS) is 26.0. The van der Waals surface area contributed by atoms with E-state index >= 15 is 0 Å². The predicted molar refractivity (Wildman–Crippen MR) is 99.0 cm³/mol. The van der Waals surface area contributed by atoms with Gasteiger partial charge >= 0.3 is 13.9 Å². The van der Waals surface area contributed by atoms with Crippen molar-refractivity contribution < 1.29 is 18.3 Å². The number of aromatic nitrogens is 2. The number of hydrogen-bond donors (Lipinski definition) is 1. The Morgan fingerprint density at radius 3 is 2.86 bits per heavy atom. The molecular weight excluding hydrogens is 389 g/mol. The molecule has 1 N–H and O–H groups in total. The summed E-state index contributed by atoms with van der Waals surface area (Å²) in [5, 5.41) is 3.70. The molecule has 1 unspecified atom stereocenters. The van der Waals surface area contributed by atoms with Gasteiger partial charge in [-0.05, 0) is 25.3 Å². The van der Waals surface area contributed by atoms with Crippen LogP contribution >= 0.6 is 8.25 Å². The molecule has 2 fully saturated rings. The number of hydrogen-bond acceptors (Lipinski definition) is 7. The summed E-state index contributed by atoms with van der Waals surface area (Å²) in [7, 11) is -2.31. The zero-order valence-electron chi connectivity index (χ0n) is 15.5. The number of H-pyrrole nitrogens is 1. The number of nitrogens with one attached hydrogen (secondary N) is 1. The average molecular weight is 412 g/mol. The van der Waals surface area contributed by atoms with Crippen molar-refractivity contribution in [3.05, 3.63) is 43.0 Å². The van der Waals surface area contributed by atoms with Gasteiger partial charge in [-0.25, -0.2) is 4.79 Å². The van der Waals surface area contributed by atoms with Gasteiger partial charge < -0.3 is 4.74 Å². The van der Waals surface area contributed by atoms with Crippen LogP contribution in [0.4, 0.5) is 0 Å². The van der Waals surface area contributed by atoms with Crippen molar-refractivity contribution in [3.63, 3.8) is 0 Å². The summed E-state index contributed by atoms with van der Waals surface area (Å²) in [6.07, 6.45) is 5.12. The van der Waals surface area contributed by atoms with E-state index in [9.17, 15) is 14.2 Å². The minimum atomic E-state index is -2.31. The summed E-state index contributed by atoms with van der Waals surface area (Å²) < 4.78 is 29.8. The van der Waals surface area contributed by atoms with Crippen molar-refractivity contribution in [3.8, 4) is 0 Å². The minimum absolute atomic E-state index is 0.0646. The second-order valence-corrected chi connectivity index (χ2v) is 7.92. The molecule has 28 heavy (non-hydrogen) atoms. The van der Waals surface area contributed by atoms with E-state index in [-0.39, 0.29) is 19.1 Å². The highest BCUT2D eigenvalue weighted by molar-refractivity contribution is 7.33. The molecule has 0 spiro atoms. The fourth-order valence-electron chi connectivity index (χ4n) is 3.48. The Kier molecular flexibility index (Phi) is 6.98. The summed E-state index contributed by atoms with van der Waals surface area (Å²) >= 11 is 0. The number of nitrogens with zero attached hydrogens (tertiary/aromatic N) is 4. The largest absolute Gasteiger partial charge is 0.697 e. The highest BCUT2D eigenvalue weighted by atomic mass is 31.1. The second-order valence-electron chi connectivity index (χ2n) is 7.00. The third-order valence-corrected chi connectivity index (χ3v) is 5.82. The lowest BCUT2D eigenvalue weighted by Crippen LogP contribution is -2.33. The van der Waals surface area contributed by atoms with Crippen LogP contribution in [0.2, 0.25) is 0 Å². The van der Waals surface area contributed by atoms with Gasteiger partial charge in [-0.1, -0.05) is 24.4 Å². The Morgan fingerprint density at radius 2 is 2.14 bits per heavy atom. The molecular formula is C16H23N5O6P+. The number of ether oxygens (including phenoxy) is 1. The van der Waals surface area contributed by atoms with Crippen LogP contribution < -0.4 is 11.2 Å². The number of azide groups is 1. The van der Waals surface area contributed by atoms with E-state index in [4.69, 9.17) is 19.3 Å². The molecule has 0 radical (unpaired) electrons. The van der Waals surface area contributed by atoms with Crippen molar-refractivity contribution in [2.75, 3.05) is 6.61 Å². The molecule has 4 atom stereocenters. The summed E-state index contributed by atoms with van der Waals surface area (Å²) in [5.41, 5.74) is 8.06. The van der Waals surface area contributed by atoms with Gasteiger partial charge in [0.2, 0.25) is 0 Å². The minimum Gasteiger partial charge on any atom is -0.352 e. The molecule has 1 saturated carbocycles. The second kappa shape index (κ2) is 9.45. The summed E-state index contributed by atoms with van der Waals surface area (Å²) in [4.78, 5) is 28.6. The van der Waals surface area contributed by atoms with Crippen molar-refractivity contribution in [1.82, 2.24) is 9.55 Å². The third kappa shape index (κ3) is 5.06. The highest BCUT2D eigenvalue weighted by Gasteiger charge is 2.39. The molecule has 0 amide bonds. The zero-order valence-corrected chi connectivity index (χ0v) is 16.4. The van der Waals surface area contributed by atoms with Crippen molar-refractivity contribution in [2.24, 2.45) is 5.11 Å². The zero-order chi connectivity index (χ0) is 20.1. The standard InChI is InChI=1S/C16H22N5O6P/c1-10-8-21(16(23)18-15(10)22)14-7-12(19-20-17)13(26-14)9-25-28(24)27-11-5-3-2-4-6-11/h8,11-14H,2-7,9H2,1H3/p+1/t12-,13+,14+/m0/s1. The first kappa shape index (κ1) is 20.7. The monoisotopic (exact) mass is 412 g/mol. The van der Waals surface area contributed by atoms with Gasteiger partial charge in [0.15, 0.2) is 0 Å². The first-order valence-corrected chi connectivity index (χ1v) is 10.4. The Hall–Kier alpha value is -2.03. The maximum atomic E-state index is 12.1. The van der Waals surface area contributed by atoms with Crippen LogP contribution in [0, 0.1) is 6.92 Å². The molecule has 2 heterocycles. The fourth-order valence-corrected chi connectivity index (χ4v) is 4.26. The highest BCUT2D eigenvalue weighted by Crippen LogP contribution is 2.35. The predicted octanol–water partition coefficient (Wildman–Crippen LogP) is 2.83. The van der Waals surface area contributed by atoms with E-state index < -0.39 is 37.9 Å². The molecule has 1 aliphatic heterocycles. The summed E-state index contributed by atoms with van der Waals surface area (Å²) in [5.74, 6) is 0. The van der Waals surface area contributed by atoms with Crippen LogP contribution in [0.25, 0.3) is 10.4 Å². The molecule has 1 aliphatic carbocycles. The van der Waals surface area contributed by atoms with Crippen molar-refractivity contribution in [2.45, 2.75) is 69.9 Å². The maximum Gasteiger partial charge on any atom is 0.697 e.